The maximum absolute atomic E-state index is 12.6. The highest BCUT2D eigenvalue weighted by Gasteiger charge is 2.24. The van der Waals surface area contributed by atoms with Crippen LogP contribution >= 0.6 is 0 Å². The van der Waals surface area contributed by atoms with Gasteiger partial charge in [-0.05, 0) is 73.5 Å². The highest BCUT2D eigenvalue weighted by Crippen LogP contribution is 2.34. The first-order chi connectivity index (χ1) is 19.4. The van der Waals surface area contributed by atoms with Gasteiger partial charge in [-0.25, -0.2) is 9.59 Å². The lowest BCUT2D eigenvalue weighted by Crippen LogP contribution is -2.19. The second kappa shape index (κ2) is 11.4. The molecule has 4 aromatic carbocycles. The molecule has 0 spiro atoms. The number of ether oxygens (including phenoxy) is 2. The molecule has 0 atom stereocenters. The van der Waals surface area contributed by atoms with E-state index in [1.54, 1.807) is 38.1 Å². The fraction of sp³-hybridized carbons (Fsp3) is 0.161. The molecule has 4 aromatic rings. The molecular weight excluding hydrogens is 528 g/mol. The van der Waals surface area contributed by atoms with Gasteiger partial charge >= 0.3 is 11.9 Å². The van der Waals surface area contributed by atoms with Gasteiger partial charge in [-0.3, -0.25) is 20.2 Å². The van der Waals surface area contributed by atoms with E-state index in [1.807, 2.05) is 38.1 Å². The Morgan fingerprint density at radius 2 is 0.951 bits per heavy atom. The van der Waals surface area contributed by atoms with Gasteiger partial charge in [-0.2, -0.15) is 0 Å². The zero-order valence-corrected chi connectivity index (χ0v) is 22.7. The summed E-state index contributed by atoms with van der Waals surface area (Å²) in [7, 11) is 0. The first-order valence-corrected chi connectivity index (χ1v) is 12.5. The lowest BCUT2D eigenvalue weighted by Gasteiger charge is -2.26. The Morgan fingerprint density at radius 1 is 0.610 bits per heavy atom. The highest BCUT2D eigenvalue weighted by molar-refractivity contribution is 5.92. The standard InChI is InChI=1S/C31H26N2O8/c1-19-17-21(5-15-27(19)32(36)37)29(34)40-25-11-7-23(8-12-25)31(3,4)24-9-13-26(14-10-24)41-30(35)22-6-16-28(33(38)39)20(2)18-22/h5-18H,1-4H3. The summed E-state index contributed by atoms with van der Waals surface area (Å²) in [5, 5.41) is 22.0. The van der Waals surface area contributed by atoms with Crippen LogP contribution in [0.15, 0.2) is 84.9 Å². The molecule has 10 heteroatoms. The van der Waals surface area contributed by atoms with Crippen LogP contribution in [0.1, 0.15) is 56.8 Å². The fourth-order valence-corrected chi connectivity index (χ4v) is 4.35. The quantitative estimate of drug-likeness (QED) is 0.0993. The summed E-state index contributed by atoms with van der Waals surface area (Å²) in [4.78, 5) is 46.1. The molecule has 0 saturated heterocycles. The molecule has 41 heavy (non-hydrogen) atoms. The molecule has 0 N–H and O–H groups in total. The van der Waals surface area contributed by atoms with E-state index >= 15 is 0 Å². The van der Waals surface area contributed by atoms with Gasteiger partial charge < -0.3 is 9.47 Å². The monoisotopic (exact) mass is 554 g/mol. The molecule has 0 bridgehead atoms. The molecule has 4 rings (SSSR count). The predicted molar refractivity (Wildman–Crippen MR) is 151 cm³/mol. The Kier molecular flexibility index (Phi) is 7.95. The zero-order valence-electron chi connectivity index (χ0n) is 22.7. The molecular formula is C31H26N2O8. The van der Waals surface area contributed by atoms with Crippen molar-refractivity contribution >= 4 is 23.3 Å². The van der Waals surface area contributed by atoms with Crippen LogP contribution in [-0.4, -0.2) is 21.8 Å². The van der Waals surface area contributed by atoms with Crippen molar-refractivity contribution in [1.29, 1.82) is 0 Å². The number of benzene rings is 4. The minimum atomic E-state index is -0.621. The predicted octanol–water partition coefficient (Wildman–Crippen LogP) is 6.88. The van der Waals surface area contributed by atoms with E-state index < -0.39 is 27.2 Å². The lowest BCUT2D eigenvalue weighted by molar-refractivity contribution is -0.385. The molecule has 0 aliphatic carbocycles. The maximum Gasteiger partial charge on any atom is 0.343 e. The van der Waals surface area contributed by atoms with Crippen molar-refractivity contribution < 1.29 is 28.9 Å². The van der Waals surface area contributed by atoms with Gasteiger partial charge in [-0.1, -0.05) is 38.1 Å². The van der Waals surface area contributed by atoms with Crippen molar-refractivity contribution in [3.05, 3.63) is 139 Å². The summed E-state index contributed by atoms with van der Waals surface area (Å²) < 4.78 is 10.9. The third kappa shape index (κ3) is 6.27. The summed E-state index contributed by atoms with van der Waals surface area (Å²) in [5.74, 6) is -0.586. The van der Waals surface area contributed by atoms with Crippen molar-refractivity contribution in [2.24, 2.45) is 0 Å². The Labute approximate surface area is 235 Å². The SMILES string of the molecule is Cc1cc(C(=O)Oc2ccc(C(C)(C)c3ccc(OC(=O)c4ccc([N+](=O)[O-])c(C)c4)cc3)cc2)ccc1[N+](=O)[O-]. The van der Waals surface area contributed by atoms with Crippen LogP contribution in [0.3, 0.4) is 0 Å². The molecule has 0 unspecified atom stereocenters. The Bertz CT molecular complexity index is 1540. The average Bonchev–Trinajstić information content (AvgIpc) is 2.93. The summed E-state index contributed by atoms with van der Waals surface area (Å²) in [6, 6.07) is 22.2. The number of esters is 2. The van der Waals surface area contributed by atoms with Gasteiger partial charge in [-0.15, -0.1) is 0 Å². The van der Waals surface area contributed by atoms with Gasteiger partial charge in [0.05, 0.1) is 21.0 Å². The molecule has 0 aromatic heterocycles. The van der Waals surface area contributed by atoms with Crippen LogP contribution in [-0.2, 0) is 5.41 Å². The number of nitrogens with zero attached hydrogens (tertiary/aromatic N) is 2. The summed E-state index contributed by atoms with van der Waals surface area (Å²) in [5.41, 5.74) is 2.44. The van der Waals surface area contributed by atoms with Crippen LogP contribution in [0.4, 0.5) is 11.4 Å². The summed E-state index contributed by atoms with van der Waals surface area (Å²) >= 11 is 0. The van der Waals surface area contributed by atoms with Crippen LogP contribution in [0.2, 0.25) is 0 Å². The van der Waals surface area contributed by atoms with E-state index in [-0.39, 0.29) is 22.5 Å². The lowest BCUT2D eigenvalue weighted by atomic mass is 9.78. The molecule has 0 heterocycles. The van der Waals surface area contributed by atoms with Crippen molar-refractivity contribution in [1.82, 2.24) is 0 Å². The van der Waals surface area contributed by atoms with Crippen LogP contribution < -0.4 is 9.47 Å². The maximum atomic E-state index is 12.6. The van der Waals surface area contributed by atoms with Crippen molar-refractivity contribution in [3.63, 3.8) is 0 Å². The van der Waals surface area contributed by atoms with Gasteiger partial charge in [0.1, 0.15) is 11.5 Å². The normalized spacial score (nSPS) is 11.0. The Hall–Kier alpha value is -5.38. The number of hydrogen-bond donors (Lipinski definition) is 0. The molecule has 0 amide bonds. The summed E-state index contributed by atoms with van der Waals surface area (Å²) in [6.45, 7) is 7.16. The summed E-state index contributed by atoms with van der Waals surface area (Å²) in [6.07, 6.45) is 0. The molecule has 0 radical (unpaired) electrons. The number of nitro groups is 2. The Balaban J connectivity index is 1.43. The third-order valence-corrected chi connectivity index (χ3v) is 6.83. The number of carbonyl (C=O) groups is 2. The molecule has 0 saturated carbocycles. The van der Waals surface area contributed by atoms with Crippen LogP contribution in [0.25, 0.3) is 0 Å². The second-order valence-corrected chi connectivity index (χ2v) is 9.97. The van der Waals surface area contributed by atoms with Crippen LogP contribution in [0, 0.1) is 34.1 Å². The van der Waals surface area contributed by atoms with Gasteiger partial charge in [0, 0.05) is 28.7 Å². The van der Waals surface area contributed by atoms with E-state index in [9.17, 15) is 29.8 Å². The second-order valence-electron chi connectivity index (χ2n) is 9.97. The smallest absolute Gasteiger partial charge is 0.343 e. The number of carbonyl (C=O) groups excluding carboxylic acids is 2. The number of hydrogen-bond acceptors (Lipinski definition) is 8. The number of aryl methyl sites for hydroxylation is 2. The van der Waals surface area contributed by atoms with Gasteiger partial charge in [0.2, 0.25) is 0 Å². The van der Waals surface area contributed by atoms with Crippen LogP contribution in [0.5, 0.6) is 11.5 Å². The topological polar surface area (TPSA) is 139 Å². The van der Waals surface area contributed by atoms with Gasteiger partial charge in [0.15, 0.2) is 0 Å². The largest absolute Gasteiger partial charge is 0.423 e. The zero-order chi connectivity index (χ0) is 29.9. The first-order valence-electron chi connectivity index (χ1n) is 12.5. The van der Waals surface area contributed by atoms with E-state index in [4.69, 9.17) is 9.47 Å². The van der Waals surface area contributed by atoms with Crippen molar-refractivity contribution in [2.75, 3.05) is 0 Å². The minimum absolute atomic E-state index is 0.0705. The first kappa shape index (κ1) is 28.6. The van der Waals surface area contributed by atoms with E-state index in [2.05, 4.69) is 0 Å². The fourth-order valence-electron chi connectivity index (χ4n) is 4.35. The third-order valence-electron chi connectivity index (χ3n) is 6.83. The number of rotatable bonds is 8. The molecule has 208 valence electrons. The molecule has 0 aliphatic heterocycles. The van der Waals surface area contributed by atoms with Crippen molar-refractivity contribution in [3.8, 4) is 11.5 Å². The Morgan fingerprint density at radius 3 is 1.24 bits per heavy atom. The van der Waals surface area contributed by atoms with Crippen molar-refractivity contribution in [2.45, 2.75) is 33.1 Å². The molecule has 10 nitrogen and oxygen atoms in total. The highest BCUT2D eigenvalue weighted by atomic mass is 16.6. The number of nitro benzene ring substituents is 2. The average molecular weight is 555 g/mol. The van der Waals surface area contributed by atoms with E-state index in [1.165, 1.54) is 36.4 Å². The van der Waals surface area contributed by atoms with E-state index in [0.29, 0.717) is 22.6 Å². The minimum Gasteiger partial charge on any atom is -0.423 e. The van der Waals surface area contributed by atoms with Gasteiger partial charge in [0.25, 0.3) is 11.4 Å². The molecule has 0 fully saturated rings. The molecule has 0 aliphatic rings. The van der Waals surface area contributed by atoms with E-state index in [0.717, 1.165) is 11.1 Å².